The number of rotatable bonds is 4. The van der Waals surface area contributed by atoms with Crippen molar-refractivity contribution in [3.05, 3.63) is 54.1 Å². The van der Waals surface area contributed by atoms with E-state index in [1.165, 1.54) is 24.3 Å². The maximum atomic E-state index is 11.6. The van der Waals surface area contributed by atoms with Gasteiger partial charge in [0.1, 0.15) is 0 Å². The molecule has 1 aliphatic rings. The van der Waals surface area contributed by atoms with Crippen molar-refractivity contribution in [2.45, 2.75) is 12.8 Å². The highest BCUT2D eigenvalue weighted by atomic mass is 16.5. The maximum absolute atomic E-state index is 11.6. The minimum Gasteiger partial charge on any atom is -0.462 e. The van der Waals surface area contributed by atoms with Gasteiger partial charge in [0.05, 0.1) is 6.61 Å². The van der Waals surface area contributed by atoms with Crippen LogP contribution in [-0.4, -0.2) is 12.6 Å². The number of hydrogen-bond acceptors (Lipinski definition) is 2. The van der Waals surface area contributed by atoms with Crippen LogP contribution in [0.25, 0.3) is 16.8 Å². The van der Waals surface area contributed by atoms with E-state index in [1.807, 2.05) is 30.3 Å². The number of hydrogen-bond donors (Lipinski definition) is 0. The van der Waals surface area contributed by atoms with Crippen molar-refractivity contribution in [2.75, 3.05) is 6.61 Å². The first-order chi connectivity index (χ1) is 9.33. The van der Waals surface area contributed by atoms with Crippen molar-refractivity contribution in [3.63, 3.8) is 0 Å². The van der Waals surface area contributed by atoms with Gasteiger partial charge in [-0.05, 0) is 41.2 Å². The zero-order valence-electron chi connectivity index (χ0n) is 10.7. The van der Waals surface area contributed by atoms with Crippen LogP contribution in [0.5, 0.6) is 0 Å². The van der Waals surface area contributed by atoms with E-state index in [9.17, 15) is 4.79 Å². The quantitative estimate of drug-likeness (QED) is 0.611. The molecule has 1 saturated carbocycles. The summed E-state index contributed by atoms with van der Waals surface area (Å²) in [6, 6.07) is 14.2. The van der Waals surface area contributed by atoms with E-state index in [1.54, 1.807) is 0 Å². The highest BCUT2D eigenvalue weighted by Crippen LogP contribution is 2.28. The molecular formula is C17H16O2. The zero-order valence-corrected chi connectivity index (χ0v) is 10.7. The predicted molar refractivity (Wildman–Crippen MR) is 76.7 cm³/mol. The maximum Gasteiger partial charge on any atom is 0.330 e. The summed E-state index contributed by atoms with van der Waals surface area (Å²) in [5.41, 5.74) is 1.04. The molecule has 0 aromatic heterocycles. The molecule has 0 atom stereocenters. The summed E-state index contributed by atoms with van der Waals surface area (Å²) >= 11 is 0. The van der Waals surface area contributed by atoms with Crippen LogP contribution in [0, 0.1) is 5.92 Å². The molecule has 0 spiro atoms. The standard InChI is InChI=1S/C17H16O2/c18-17(19-12-13-8-9-13)11-10-15-6-3-5-14-4-1-2-7-16(14)15/h1-7,10-11,13H,8-9,12H2/b11-10+. The minimum atomic E-state index is -0.250. The molecule has 0 heterocycles. The Morgan fingerprint density at radius 3 is 2.79 bits per heavy atom. The fourth-order valence-corrected chi connectivity index (χ4v) is 2.09. The van der Waals surface area contributed by atoms with Crippen LogP contribution >= 0.6 is 0 Å². The van der Waals surface area contributed by atoms with Gasteiger partial charge in [0.25, 0.3) is 0 Å². The fraction of sp³-hybridized carbons (Fsp3) is 0.235. The van der Waals surface area contributed by atoms with Crippen molar-refractivity contribution in [2.24, 2.45) is 5.92 Å². The molecule has 1 aliphatic carbocycles. The molecule has 2 nitrogen and oxygen atoms in total. The van der Waals surface area contributed by atoms with Gasteiger partial charge in [-0.15, -0.1) is 0 Å². The number of benzene rings is 2. The average Bonchev–Trinajstić information content (AvgIpc) is 3.27. The third kappa shape index (κ3) is 3.02. The van der Waals surface area contributed by atoms with Crippen LogP contribution in [0.4, 0.5) is 0 Å². The van der Waals surface area contributed by atoms with Gasteiger partial charge in [0.2, 0.25) is 0 Å². The molecule has 3 rings (SSSR count). The molecule has 0 aliphatic heterocycles. The molecular weight excluding hydrogens is 236 g/mol. The molecule has 0 radical (unpaired) electrons. The summed E-state index contributed by atoms with van der Waals surface area (Å²) in [5, 5.41) is 2.33. The largest absolute Gasteiger partial charge is 0.462 e. The Morgan fingerprint density at radius 1 is 1.16 bits per heavy atom. The molecule has 0 N–H and O–H groups in total. The second kappa shape index (κ2) is 5.27. The van der Waals surface area contributed by atoms with Crippen LogP contribution in [0.3, 0.4) is 0 Å². The lowest BCUT2D eigenvalue weighted by Crippen LogP contribution is -2.03. The summed E-state index contributed by atoms with van der Waals surface area (Å²) in [7, 11) is 0. The molecule has 2 aromatic rings. The summed E-state index contributed by atoms with van der Waals surface area (Å²) in [6.45, 7) is 0.568. The molecule has 96 valence electrons. The van der Waals surface area contributed by atoms with E-state index < -0.39 is 0 Å². The molecule has 1 fully saturated rings. The monoisotopic (exact) mass is 252 g/mol. The van der Waals surface area contributed by atoms with E-state index >= 15 is 0 Å². The second-order valence-electron chi connectivity index (χ2n) is 4.98. The van der Waals surface area contributed by atoms with Gasteiger partial charge in [-0.3, -0.25) is 0 Å². The number of fused-ring (bicyclic) bond motifs is 1. The molecule has 2 heteroatoms. The minimum absolute atomic E-state index is 0.250. The zero-order chi connectivity index (χ0) is 13.1. The van der Waals surface area contributed by atoms with Gasteiger partial charge in [-0.2, -0.15) is 0 Å². The highest BCUT2D eigenvalue weighted by Gasteiger charge is 2.22. The van der Waals surface area contributed by atoms with Gasteiger partial charge in [0, 0.05) is 6.08 Å². The van der Waals surface area contributed by atoms with Gasteiger partial charge in [-0.25, -0.2) is 4.79 Å². The predicted octanol–water partition coefficient (Wildman–Crippen LogP) is 3.81. The summed E-state index contributed by atoms with van der Waals surface area (Å²) in [5.74, 6) is 0.356. The van der Waals surface area contributed by atoms with Gasteiger partial charge in [-0.1, -0.05) is 42.5 Å². The first-order valence-corrected chi connectivity index (χ1v) is 6.65. The Bertz CT molecular complexity index is 619. The highest BCUT2D eigenvalue weighted by molar-refractivity contribution is 5.94. The second-order valence-corrected chi connectivity index (χ2v) is 4.98. The Hall–Kier alpha value is -2.09. The number of ether oxygens (including phenoxy) is 1. The molecule has 0 unspecified atom stereocenters. The third-order valence-corrected chi connectivity index (χ3v) is 3.38. The van der Waals surface area contributed by atoms with E-state index in [0.29, 0.717) is 12.5 Å². The van der Waals surface area contributed by atoms with E-state index in [0.717, 1.165) is 10.9 Å². The fourth-order valence-electron chi connectivity index (χ4n) is 2.09. The van der Waals surface area contributed by atoms with Crippen LogP contribution in [0.1, 0.15) is 18.4 Å². The lowest BCUT2D eigenvalue weighted by molar-refractivity contribution is -0.138. The lowest BCUT2D eigenvalue weighted by Gasteiger charge is -2.02. The molecule has 0 bridgehead atoms. The van der Waals surface area contributed by atoms with Crippen molar-refractivity contribution in [3.8, 4) is 0 Å². The molecule has 19 heavy (non-hydrogen) atoms. The smallest absolute Gasteiger partial charge is 0.330 e. The Kier molecular flexibility index (Phi) is 3.32. The van der Waals surface area contributed by atoms with Crippen LogP contribution in [0.15, 0.2) is 48.5 Å². The Balaban J connectivity index is 1.74. The Morgan fingerprint density at radius 2 is 1.95 bits per heavy atom. The van der Waals surface area contributed by atoms with Crippen molar-refractivity contribution < 1.29 is 9.53 Å². The number of carbonyl (C=O) groups excluding carboxylic acids is 1. The van der Waals surface area contributed by atoms with Gasteiger partial charge in [0.15, 0.2) is 0 Å². The van der Waals surface area contributed by atoms with E-state index in [2.05, 4.69) is 18.2 Å². The van der Waals surface area contributed by atoms with Crippen LogP contribution < -0.4 is 0 Å². The molecule has 2 aromatic carbocycles. The van der Waals surface area contributed by atoms with Crippen LogP contribution in [-0.2, 0) is 9.53 Å². The summed E-state index contributed by atoms with van der Waals surface area (Å²) in [4.78, 5) is 11.6. The first kappa shape index (κ1) is 12.0. The van der Waals surface area contributed by atoms with E-state index in [-0.39, 0.29) is 5.97 Å². The van der Waals surface area contributed by atoms with Crippen molar-refractivity contribution in [1.29, 1.82) is 0 Å². The summed E-state index contributed by atoms with van der Waals surface area (Å²) < 4.78 is 5.17. The van der Waals surface area contributed by atoms with Gasteiger partial charge < -0.3 is 4.74 Å². The van der Waals surface area contributed by atoms with E-state index in [4.69, 9.17) is 4.74 Å². The van der Waals surface area contributed by atoms with Crippen LogP contribution in [0.2, 0.25) is 0 Å². The van der Waals surface area contributed by atoms with Crippen molar-refractivity contribution in [1.82, 2.24) is 0 Å². The number of carbonyl (C=O) groups is 1. The topological polar surface area (TPSA) is 26.3 Å². The molecule has 0 saturated heterocycles. The Labute approximate surface area is 112 Å². The normalized spacial score (nSPS) is 14.9. The average molecular weight is 252 g/mol. The van der Waals surface area contributed by atoms with Gasteiger partial charge >= 0.3 is 5.97 Å². The van der Waals surface area contributed by atoms with Crippen molar-refractivity contribution >= 4 is 22.8 Å². The summed E-state index contributed by atoms with van der Waals surface area (Å²) in [6.07, 6.45) is 5.74. The first-order valence-electron chi connectivity index (χ1n) is 6.65. The molecule has 0 amide bonds. The number of esters is 1. The third-order valence-electron chi connectivity index (χ3n) is 3.38. The SMILES string of the molecule is O=C(/C=C/c1cccc2ccccc12)OCC1CC1. The lowest BCUT2D eigenvalue weighted by atomic mass is 10.0.